The zero-order chi connectivity index (χ0) is 30.6. The van der Waals surface area contributed by atoms with Gasteiger partial charge < -0.3 is 31.8 Å². The number of hydrogen-bond acceptors (Lipinski definition) is 4. The molecule has 12 heteroatoms. The molecule has 1 heterocycles. The number of carboxylic acid groups (broad SMARTS) is 1. The number of H-pyrrole nitrogens is 1. The first-order valence-electron chi connectivity index (χ1n) is 13.9. The lowest BCUT2D eigenvalue weighted by Gasteiger charge is -2.39. The number of hydrogen-bond donors (Lipinski definition) is 6. The first-order chi connectivity index (χ1) is 19.9. The number of amides is 4. The summed E-state index contributed by atoms with van der Waals surface area (Å²) in [4.78, 5) is 55.1. The summed E-state index contributed by atoms with van der Waals surface area (Å²) in [6.07, 6.45) is 0.429. The van der Waals surface area contributed by atoms with E-state index in [4.69, 9.17) is 28.9 Å². The normalized spacial score (nSPS) is 18.4. The number of aromatic amines is 1. The summed E-state index contributed by atoms with van der Waals surface area (Å²) in [7, 11) is 0. The van der Waals surface area contributed by atoms with Crippen molar-refractivity contribution >= 4 is 57.9 Å². The molecule has 0 bridgehead atoms. The molecule has 1 aliphatic carbocycles. The Morgan fingerprint density at radius 1 is 1.12 bits per heavy atom. The van der Waals surface area contributed by atoms with Gasteiger partial charge in [-0.15, -0.1) is 0 Å². The second-order valence-corrected chi connectivity index (χ2v) is 11.7. The topological polar surface area (TPSA) is 166 Å². The first-order valence-corrected chi connectivity index (χ1v) is 14.6. The van der Waals surface area contributed by atoms with Crippen LogP contribution in [0.3, 0.4) is 0 Å². The van der Waals surface area contributed by atoms with Gasteiger partial charge in [-0.3, -0.25) is 14.4 Å². The van der Waals surface area contributed by atoms with E-state index in [1.54, 1.807) is 19.1 Å². The van der Waals surface area contributed by atoms with Crippen LogP contribution in [0.25, 0.3) is 10.9 Å². The van der Waals surface area contributed by atoms with Gasteiger partial charge in [0.2, 0.25) is 17.7 Å². The molecule has 4 atom stereocenters. The fourth-order valence-electron chi connectivity index (χ4n) is 5.53. The van der Waals surface area contributed by atoms with E-state index in [1.165, 1.54) is 0 Å². The van der Waals surface area contributed by atoms with E-state index < -0.39 is 41.4 Å². The third-order valence-electron chi connectivity index (χ3n) is 8.08. The number of aromatic nitrogens is 1. The third kappa shape index (κ3) is 6.82. The molecular formula is C30H35Cl2N5O5. The number of benzene rings is 2. The van der Waals surface area contributed by atoms with Crippen LogP contribution in [-0.2, 0) is 33.6 Å². The summed E-state index contributed by atoms with van der Waals surface area (Å²) in [6.45, 7) is 3.69. The summed E-state index contributed by atoms with van der Waals surface area (Å²) >= 11 is 12.8. The molecule has 0 saturated carbocycles. The zero-order valence-electron chi connectivity index (χ0n) is 23.4. The number of nitrogens with two attached hydrogens (primary N) is 1. The molecule has 0 unspecified atom stereocenters. The van der Waals surface area contributed by atoms with Crippen molar-refractivity contribution in [2.24, 2.45) is 11.7 Å². The summed E-state index contributed by atoms with van der Waals surface area (Å²) in [5.74, 6) is -2.17. The van der Waals surface area contributed by atoms with Crippen molar-refractivity contribution in [2.75, 3.05) is 0 Å². The Kier molecular flexibility index (Phi) is 9.68. The van der Waals surface area contributed by atoms with Gasteiger partial charge in [-0.2, -0.15) is 0 Å². The van der Waals surface area contributed by atoms with Gasteiger partial charge in [0.15, 0.2) is 0 Å². The van der Waals surface area contributed by atoms with Gasteiger partial charge in [-0.05, 0) is 54.9 Å². The molecular weight excluding hydrogens is 581 g/mol. The highest BCUT2D eigenvalue weighted by Crippen LogP contribution is 2.38. The number of carbonyl (C=O) groups is 4. The van der Waals surface area contributed by atoms with E-state index in [0.717, 1.165) is 16.8 Å². The van der Waals surface area contributed by atoms with E-state index in [0.29, 0.717) is 40.2 Å². The van der Waals surface area contributed by atoms with Gasteiger partial charge >= 0.3 is 6.09 Å². The van der Waals surface area contributed by atoms with Crippen LogP contribution in [0.15, 0.2) is 42.5 Å². The van der Waals surface area contributed by atoms with Crippen LogP contribution >= 0.6 is 23.2 Å². The standard InChI is InChI=1S/C30H35Cl2N5O5/c1-3-16(2)24(26(33)38)36-28(40)30(12-11-22-20(15-30)19-13-18(31)14-21(32)25(19)34-22)37-27(39)23(35-29(41)42)10-9-17-7-5-4-6-8-17/h4-8,13-14,16,23-24,34-35H,3,9-12,15H2,1-2H3,(H2,33,38)(H,36,40)(H,37,39)(H,41,42)/t16-,23-,24-,30+/m0/s1. The Morgan fingerprint density at radius 2 is 1.83 bits per heavy atom. The molecule has 0 saturated heterocycles. The average Bonchev–Trinajstić information content (AvgIpc) is 3.31. The minimum Gasteiger partial charge on any atom is -0.465 e. The maximum Gasteiger partial charge on any atom is 0.405 e. The maximum atomic E-state index is 14.1. The molecule has 10 nitrogen and oxygen atoms in total. The largest absolute Gasteiger partial charge is 0.465 e. The average molecular weight is 617 g/mol. The van der Waals surface area contributed by atoms with E-state index in [-0.39, 0.29) is 25.2 Å². The number of fused-ring (bicyclic) bond motifs is 3. The van der Waals surface area contributed by atoms with Gasteiger partial charge in [0.1, 0.15) is 17.6 Å². The van der Waals surface area contributed by atoms with Crippen molar-refractivity contribution in [3.8, 4) is 0 Å². The lowest BCUT2D eigenvalue weighted by atomic mass is 9.78. The van der Waals surface area contributed by atoms with Crippen LogP contribution in [0.1, 0.15) is 49.9 Å². The minimum atomic E-state index is -1.51. The van der Waals surface area contributed by atoms with Gasteiger partial charge in [0.25, 0.3) is 0 Å². The molecule has 1 aromatic heterocycles. The maximum absolute atomic E-state index is 14.1. The van der Waals surface area contributed by atoms with Crippen LogP contribution in [0.5, 0.6) is 0 Å². The molecule has 1 aliphatic rings. The van der Waals surface area contributed by atoms with E-state index in [2.05, 4.69) is 20.9 Å². The van der Waals surface area contributed by atoms with Crippen molar-refractivity contribution in [1.82, 2.24) is 20.9 Å². The number of halogens is 2. The van der Waals surface area contributed by atoms with Crippen LogP contribution < -0.4 is 21.7 Å². The predicted octanol–water partition coefficient (Wildman–Crippen LogP) is 4.10. The Balaban J connectivity index is 1.70. The molecule has 0 radical (unpaired) electrons. The molecule has 7 N–H and O–H groups in total. The summed E-state index contributed by atoms with van der Waals surface area (Å²) in [5, 5.41) is 19.0. The highest BCUT2D eigenvalue weighted by molar-refractivity contribution is 6.38. The van der Waals surface area contributed by atoms with Gasteiger partial charge in [0, 0.05) is 22.5 Å². The van der Waals surface area contributed by atoms with Crippen molar-refractivity contribution in [1.29, 1.82) is 0 Å². The fourth-order valence-corrected chi connectivity index (χ4v) is 6.07. The molecule has 0 fully saturated rings. The summed E-state index contributed by atoms with van der Waals surface area (Å²) in [5.41, 5.74) is 7.34. The molecule has 4 amide bonds. The number of rotatable bonds is 11. The number of primary amides is 1. The second kappa shape index (κ2) is 13.0. The quantitative estimate of drug-likeness (QED) is 0.191. The van der Waals surface area contributed by atoms with Crippen LogP contribution in [0.4, 0.5) is 4.79 Å². The first kappa shape index (κ1) is 31.2. The van der Waals surface area contributed by atoms with Gasteiger partial charge in [-0.1, -0.05) is 73.8 Å². The molecule has 2 aromatic carbocycles. The molecule has 4 rings (SSSR count). The lowest BCUT2D eigenvalue weighted by Crippen LogP contribution is -2.66. The highest BCUT2D eigenvalue weighted by atomic mass is 35.5. The minimum absolute atomic E-state index is 0.0566. The summed E-state index contributed by atoms with van der Waals surface area (Å²) in [6, 6.07) is 10.6. The van der Waals surface area contributed by atoms with Crippen LogP contribution in [0.2, 0.25) is 10.0 Å². The molecule has 0 spiro atoms. The van der Waals surface area contributed by atoms with Gasteiger partial charge in [-0.25, -0.2) is 4.79 Å². The Hall–Kier alpha value is -3.76. The zero-order valence-corrected chi connectivity index (χ0v) is 24.9. The van der Waals surface area contributed by atoms with Gasteiger partial charge in [0.05, 0.1) is 10.5 Å². The number of nitrogens with one attached hydrogen (secondary N) is 4. The predicted molar refractivity (Wildman–Crippen MR) is 162 cm³/mol. The lowest BCUT2D eigenvalue weighted by molar-refractivity contribution is -0.137. The number of aryl methyl sites for hydroxylation is 2. The molecule has 0 aliphatic heterocycles. The van der Waals surface area contributed by atoms with Crippen LogP contribution in [-0.4, -0.2) is 51.5 Å². The van der Waals surface area contributed by atoms with E-state index in [1.807, 2.05) is 37.3 Å². The summed E-state index contributed by atoms with van der Waals surface area (Å²) < 4.78 is 0. The van der Waals surface area contributed by atoms with Crippen molar-refractivity contribution in [3.05, 3.63) is 69.3 Å². The van der Waals surface area contributed by atoms with Crippen molar-refractivity contribution in [3.63, 3.8) is 0 Å². The van der Waals surface area contributed by atoms with Crippen LogP contribution in [0, 0.1) is 5.92 Å². The Bertz CT molecular complexity index is 1490. The monoisotopic (exact) mass is 615 g/mol. The molecule has 3 aromatic rings. The fraction of sp³-hybridized carbons (Fsp3) is 0.400. The van der Waals surface area contributed by atoms with E-state index >= 15 is 0 Å². The second-order valence-electron chi connectivity index (χ2n) is 10.9. The number of carbonyl (C=O) groups excluding carboxylic acids is 3. The highest BCUT2D eigenvalue weighted by Gasteiger charge is 2.46. The Labute approximate surface area is 253 Å². The third-order valence-corrected chi connectivity index (χ3v) is 8.60. The molecule has 224 valence electrons. The SMILES string of the molecule is CC[C@H](C)[C@H](NC(=O)[C@@]1(NC(=O)[C@H](CCc2ccccc2)NC(=O)O)CCc2[nH]c3c(Cl)cc(Cl)cc3c2C1)C(N)=O. The van der Waals surface area contributed by atoms with Crippen molar-refractivity contribution in [2.45, 2.75) is 70.0 Å². The smallest absolute Gasteiger partial charge is 0.405 e. The molecule has 42 heavy (non-hydrogen) atoms. The van der Waals surface area contributed by atoms with Crippen molar-refractivity contribution < 1.29 is 24.3 Å². The van der Waals surface area contributed by atoms with E-state index in [9.17, 15) is 24.3 Å². The Morgan fingerprint density at radius 3 is 2.48 bits per heavy atom.